The lowest BCUT2D eigenvalue weighted by Gasteiger charge is -2.10. The van der Waals surface area contributed by atoms with E-state index in [1.165, 1.54) is 14.2 Å². The number of hydrogen-bond donors (Lipinski definition) is 1. The lowest BCUT2D eigenvalue weighted by molar-refractivity contribution is 0.0459. The van der Waals surface area contributed by atoms with Crippen LogP contribution in [0, 0.1) is 5.92 Å². The average molecular weight is 357 g/mol. The lowest BCUT2D eigenvalue weighted by atomic mass is 10.1. The maximum Gasteiger partial charge on any atom is 0.338 e. The summed E-state index contributed by atoms with van der Waals surface area (Å²) in [6.45, 7) is 4.32. The summed E-state index contributed by atoms with van der Waals surface area (Å²) in [6.07, 6.45) is 0. The molecular formula is C20H23NO5. The first-order valence-corrected chi connectivity index (χ1v) is 8.25. The van der Waals surface area contributed by atoms with Gasteiger partial charge >= 0.3 is 5.97 Å². The van der Waals surface area contributed by atoms with Gasteiger partial charge in [0.2, 0.25) is 0 Å². The number of methoxy groups -OCH3 is 2. The van der Waals surface area contributed by atoms with Gasteiger partial charge in [0.25, 0.3) is 5.91 Å². The second-order valence-electron chi connectivity index (χ2n) is 6.09. The third-order valence-corrected chi connectivity index (χ3v) is 3.57. The topological polar surface area (TPSA) is 73.9 Å². The summed E-state index contributed by atoms with van der Waals surface area (Å²) in [4.78, 5) is 24.3. The zero-order valence-electron chi connectivity index (χ0n) is 15.4. The third kappa shape index (κ3) is 4.99. The molecule has 0 spiro atoms. The van der Waals surface area contributed by atoms with E-state index in [1.54, 1.807) is 42.5 Å². The number of esters is 1. The van der Waals surface area contributed by atoms with Gasteiger partial charge in [0, 0.05) is 11.3 Å². The van der Waals surface area contributed by atoms with E-state index in [0.29, 0.717) is 34.9 Å². The van der Waals surface area contributed by atoms with Gasteiger partial charge in [-0.05, 0) is 48.4 Å². The zero-order valence-corrected chi connectivity index (χ0v) is 15.4. The quantitative estimate of drug-likeness (QED) is 0.764. The summed E-state index contributed by atoms with van der Waals surface area (Å²) < 4.78 is 15.5. The standard InChI is InChI=1S/C20H23NO5/c1-13(2)12-26-20(23)14-5-8-16(9-6-14)21-19(22)15-7-10-17(24-3)18(11-15)25-4/h5-11,13H,12H2,1-4H3,(H,21,22). The van der Waals surface area contributed by atoms with Crippen LogP contribution in [-0.2, 0) is 4.74 Å². The summed E-state index contributed by atoms with van der Waals surface area (Å²) in [6, 6.07) is 11.5. The Morgan fingerprint density at radius 1 is 0.923 bits per heavy atom. The minimum atomic E-state index is -0.378. The molecule has 0 aliphatic carbocycles. The van der Waals surface area contributed by atoms with Gasteiger partial charge in [-0.2, -0.15) is 0 Å². The molecule has 2 aromatic rings. The number of carbonyl (C=O) groups is 2. The van der Waals surface area contributed by atoms with Gasteiger partial charge in [-0.25, -0.2) is 4.79 Å². The van der Waals surface area contributed by atoms with Crippen LogP contribution in [0.3, 0.4) is 0 Å². The molecule has 0 bridgehead atoms. The number of benzene rings is 2. The maximum atomic E-state index is 12.4. The normalized spacial score (nSPS) is 10.3. The van der Waals surface area contributed by atoms with Crippen molar-refractivity contribution in [3.8, 4) is 11.5 Å². The van der Waals surface area contributed by atoms with Crippen LogP contribution >= 0.6 is 0 Å². The number of carbonyl (C=O) groups excluding carboxylic acids is 2. The van der Waals surface area contributed by atoms with Crippen LogP contribution in [0.2, 0.25) is 0 Å². The molecule has 138 valence electrons. The van der Waals surface area contributed by atoms with Crippen molar-refractivity contribution >= 4 is 17.6 Å². The Kier molecular flexibility index (Phi) is 6.60. The number of amides is 1. The van der Waals surface area contributed by atoms with Gasteiger partial charge < -0.3 is 19.5 Å². The predicted octanol–water partition coefficient (Wildman–Crippen LogP) is 3.77. The van der Waals surface area contributed by atoms with Gasteiger partial charge in [-0.15, -0.1) is 0 Å². The van der Waals surface area contributed by atoms with E-state index in [2.05, 4.69) is 5.32 Å². The van der Waals surface area contributed by atoms with E-state index < -0.39 is 0 Å². The number of hydrogen-bond acceptors (Lipinski definition) is 5. The molecular weight excluding hydrogens is 334 g/mol. The molecule has 0 unspecified atom stereocenters. The number of anilines is 1. The van der Waals surface area contributed by atoms with Gasteiger partial charge in [-0.3, -0.25) is 4.79 Å². The van der Waals surface area contributed by atoms with E-state index in [4.69, 9.17) is 14.2 Å². The Morgan fingerprint density at radius 3 is 2.12 bits per heavy atom. The Bertz CT molecular complexity index is 768. The highest BCUT2D eigenvalue weighted by Gasteiger charge is 2.12. The molecule has 1 amide bonds. The Hall–Kier alpha value is -3.02. The molecule has 6 heteroatoms. The molecule has 0 radical (unpaired) electrons. The summed E-state index contributed by atoms with van der Waals surface area (Å²) in [5.41, 5.74) is 1.45. The smallest absolute Gasteiger partial charge is 0.338 e. The van der Waals surface area contributed by atoms with Crippen molar-refractivity contribution in [2.45, 2.75) is 13.8 Å². The largest absolute Gasteiger partial charge is 0.493 e. The molecule has 0 aliphatic rings. The number of nitrogens with one attached hydrogen (secondary N) is 1. The fourth-order valence-electron chi connectivity index (χ4n) is 2.20. The van der Waals surface area contributed by atoms with Crippen molar-refractivity contribution in [3.05, 3.63) is 53.6 Å². The number of rotatable bonds is 7. The zero-order chi connectivity index (χ0) is 19.1. The molecule has 0 heterocycles. The first-order chi connectivity index (χ1) is 12.4. The molecule has 0 saturated heterocycles. The van der Waals surface area contributed by atoms with Crippen molar-refractivity contribution in [1.29, 1.82) is 0 Å². The minimum Gasteiger partial charge on any atom is -0.493 e. The van der Waals surface area contributed by atoms with Crippen molar-refractivity contribution in [2.75, 3.05) is 26.1 Å². The van der Waals surface area contributed by atoms with E-state index in [0.717, 1.165) is 0 Å². The molecule has 26 heavy (non-hydrogen) atoms. The van der Waals surface area contributed by atoms with E-state index in [-0.39, 0.29) is 17.8 Å². The van der Waals surface area contributed by atoms with Crippen LogP contribution in [0.1, 0.15) is 34.6 Å². The van der Waals surface area contributed by atoms with Crippen LogP contribution in [0.15, 0.2) is 42.5 Å². The second-order valence-corrected chi connectivity index (χ2v) is 6.09. The first-order valence-electron chi connectivity index (χ1n) is 8.25. The van der Waals surface area contributed by atoms with E-state index in [9.17, 15) is 9.59 Å². The highest BCUT2D eigenvalue weighted by atomic mass is 16.5. The van der Waals surface area contributed by atoms with Crippen molar-refractivity contribution in [1.82, 2.24) is 0 Å². The highest BCUT2D eigenvalue weighted by molar-refractivity contribution is 6.04. The molecule has 2 aromatic carbocycles. The lowest BCUT2D eigenvalue weighted by Crippen LogP contribution is -2.13. The van der Waals surface area contributed by atoms with Crippen LogP contribution in [0.4, 0.5) is 5.69 Å². The SMILES string of the molecule is COc1ccc(C(=O)Nc2ccc(C(=O)OCC(C)C)cc2)cc1OC. The Morgan fingerprint density at radius 2 is 1.54 bits per heavy atom. The molecule has 0 aromatic heterocycles. The first kappa shape index (κ1) is 19.3. The van der Waals surface area contributed by atoms with Crippen LogP contribution < -0.4 is 14.8 Å². The van der Waals surface area contributed by atoms with E-state index in [1.807, 2.05) is 13.8 Å². The monoisotopic (exact) mass is 357 g/mol. The van der Waals surface area contributed by atoms with Gasteiger partial charge in [-0.1, -0.05) is 13.8 Å². The van der Waals surface area contributed by atoms with Crippen molar-refractivity contribution in [3.63, 3.8) is 0 Å². The summed E-state index contributed by atoms with van der Waals surface area (Å²) in [5, 5.41) is 2.78. The molecule has 2 rings (SSSR count). The van der Waals surface area contributed by atoms with Crippen molar-refractivity contribution in [2.24, 2.45) is 5.92 Å². The van der Waals surface area contributed by atoms with Crippen LogP contribution in [0.5, 0.6) is 11.5 Å². The van der Waals surface area contributed by atoms with E-state index >= 15 is 0 Å². The molecule has 6 nitrogen and oxygen atoms in total. The molecule has 0 aliphatic heterocycles. The summed E-state index contributed by atoms with van der Waals surface area (Å²) in [7, 11) is 3.04. The van der Waals surface area contributed by atoms with Gasteiger partial charge in [0.15, 0.2) is 11.5 Å². The highest BCUT2D eigenvalue weighted by Crippen LogP contribution is 2.27. The van der Waals surface area contributed by atoms with Gasteiger partial charge in [0.1, 0.15) is 0 Å². The van der Waals surface area contributed by atoms with Crippen molar-refractivity contribution < 1.29 is 23.8 Å². The summed E-state index contributed by atoms with van der Waals surface area (Å²) >= 11 is 0. The minimum absolute atomic E-state index is 0.277. The molecule has 0 saturated carbocycles. The maximum absolute atomic E-state index is 12.4. The molecule has 0 fully saturated rings. The fourth-order valence-corrected chi connectivity index (χ4v) is 2.20. The predicted molar refractivity (Wildman–Crippen MR) is 99.1 cm³/mol. The Balaban J connectivity index is 2.04. The molecule has 0 atom stereocenters. The van der Waals surface area contributed by atoms with Crippen LogP contribution in [-0.4, -0.2) is 32.7 Å². The third-order valence-electron chi connectivity index (χ3n) is 3.57. The Labute approximate surface area is 153 Å². The van der Waals surface area contributed by atoms with Crippen LogP contribution in [0.25, 0.3) is 0 Å². The fraction of sp³-hybridized carbons (Fsp3) is 0.300. The molecule has 1 N–H and O–H groups in total. The summed E-state index contributed by atoms with van der Waals surface area (Å²) in [5.74, 6) is 0.633. The second kappa shape index (κ2) is 8.89. The average Bonchev–Trinajstić information content (AvgIpc) is 2.65. The van der Waals surface area contributed by atoms with Gasteiger partial charge in [0.05, 0.1) is 26.4 Å². The number of ether oxygens (including phenoxy) is 3.